The number of hydrogen-bond acceptors (Lipinski definition) is 5. The third kappa shape index (κ3) is 3.07. The standard InChI is InChI=1S/C10H17BN2O4/c1-6-8(11(15)16)7(2)13(12-6)9(14)17-10(3,4)5/h15-16H,1-5H3. The quantitative estimate of drug-likeness (QED) is 0.673. The third-order valence-electron chi connectivity index (χ3n) is 2.17. The maximum Gasteiger partial charge on any atom is 0.492 e. The van der Waals surface area contributed by atoms with Crippen LogP contribution in [0.5, 0.6) is 0 Å². The molecule has 0 amide bonds. The summed E-state index contributed by atoms with van der Waals surface area (Å²) < 4.78 is 6.19. The normalized spacial score (nSPS) is 11.5. The highest BCUT2D eigenvalue weighted by Crippen LogP contribution is 2.10. The number of aryl methyl sites for hydroxylation is 1. The van der Waals surface area contributed by atoms with Gasteiger partial charge in [-0.1, -0.05) is 0 Å². The van der Waals surface area contributed by atoms with E-state index in [1.807, 2.05) is 0 Å². The summed E-state index contributed by atoms with van der Waals surface area (Å²) in [6.07, 6.45) is -0.634. The average molecular weight is 240 g/mol. The van der Waals surface area contributed by atoms with Gasteiger partial charge in [-0.25, -0.2) is 4.79 Å². The number of carbonyl (C=O) groups excluding carboxylic acids is 1. The Balaban J connectivity index is 3.08. The van der Waals surface area contributed by atoms with Crippen LogP contribution in [0.2, 0.25) is 0 Å². The highest BCUT2D eigenvalue weighted by atomic mass is 16.6. The molecule has 0 saturated carbocycles. The first-order valence-corrected chi connectivity index (χ1v) is 5.29. The molecule has 0 radical (unpaired) electrons. The van der Waals surface area contributed by atoms with E-state index in [9.17, 15) is 4.79 Å². The molecule has 1 aromatic heterocycles. The molecule has 0 unspecified atom stereocenters. The molecule has 6 nitrogen and oxygen atoms in total. The van der Waals surface area contributed by atoms with E-state index in [0.29, 0.717) is 11.4 Å². The molecule has 1 aromatic rings. The van der Waals surface area contributed by atoms with Gasteiger partial charge < -0.3 is 14.8 Å². The Hall–Kier alpha value is -1.34. The molecule has 0 aliphatic carbocycles. The van der Waals surface area contributed by atoms with E-state index < -0.39 is 18.8 Å². The third-order valence-corrected chi connectivity index (χ3v) is 2.17. The Morgan fingerprint density at radius 3 is 2.24 bits per heavy atom. The fourth-order valence-corrected chi connectivity index (χ4v) is 1.51. The average Bonchev–Trinajstić information content (AvgIpc) is 2.38. The molecule has 0 saturated heterocycles. The monoisotopic (exact) mass is 240 g/mol. The second-order valence-corrected chi connectivity index (χ2v) is 4.85. The summed E-state index contributed by atoms with van der Waals surface area (Å²) in [4.78, 5) is 11.8. The lowest BCUT2D eigenvalue weighted by Crippen LogP contribution is -2.34. The fraction of sp³-hybridized carbons (Fsp3) is 0.600. The van der Waals surface area contributed by atoms with Gasteiger partial charge in [0.25, 0.3) is 0 Å². The number of nitrogens with zero attached hydrogens (tertiary/aromatic N) is 2. The zero-order valence-electron chi connectivity index (χ0n) is 10.7. The van der Waals surface area contributed by atoms with Gasteiger partial charge >= 0.3 is 13.2 Å². The first kappa shape index (κ1) is 13.7. The molecule has 0 aliphatic heterocycles. The van der Waals surface area contributed by atoms with Crippen LogP contribution < -0.4 is 5.46 Å². The van der Waals surface area contributed by atoms with Crippen LogP contribution in [-0.4, -0.2) is 38.6 Å². The Kier molecular flexibility index (Phi) is 3.64. The number of rotatable bonds is 1. The van der Waals surface area contributed by atoms with Gasteiger partial charge in [0.15, 0.2) is 0 Å². The molecular formula is C10H17BN2O4. The van der Waals surface area contributed by atoms with E-state index in [2.05, 4.69) is 5.10 Å². The van der Waals surface area contributed by atoms with E-state index >= 15 is 0 Å². The van der Waals surface area contributed by atoms with Crippen LogP contribution in [0.4, 0.5) is 4.79 Å². The van der Waals surface area contributed by atoms with Crippen molar-refractivity contribution in [1.82, 2.24) is 9.78 Å². The van der Waals surface area contributed by atoms with Gasteiger partial charge in [0.1, 0.15) is 5.60 Å². The van der Waals surface area contributed by atoms with E-state index in [0.717, 1.165) is 4.68 Å². The molecule has 0 atom stereocenters. The lowest BCUT2D eigenvalue weighted by molar-refractivity contribution is 0.0511. The predicted octanol–water partition coefficient (Wildman–Crippen LogP) is -0.0371. The summed E-state index contributed by atoms with van der Waals surface area (Å²) in [5.41, 5.74) is 0.368. The Morgan fingerprint density at radius 1 is 1.35 bits per heavy atom. The second-order valence-electron chi connectivity index (χ2n) is 4.85. The lowest BCUT2D eigenvalue weighted by atomic mass is 9.78. The van der Waals surface area contributed by atoms with Crippen LogP contribution in [0.3, 0.4) is 0 Å². The lowest BCUT2D eigenvalue weighted by Gasteiger charge is -2.19. The Morgan fingerprint density at radius 2 is 1.88 bits per heavy atom. The van der Waals surface area contributed by atoms with Crippen LogP contribution in [-0.2, 0) is 4.74 Å². The van der Waals surface area contributed by atoms with Gasteiger partial charge in [0, 0.05) is 11.2 Å². The minimum atomic E-state index is -1.65. The van der Waals surface area contributed by atoms with Crippen molar-refractivity contribution in [2.75, 3.05) is 0 Å². The van der Waals surface area contributed by atoms with Crippen LogP contribution in [0.1, 0.15) is 32.2 Å². The summed E-state index contributed by atoms with van der Waals surface area (Å²) in [7, 11) is -1.65. The summed E-state index contributed by atoms with van der Waals surface area (Å²) in [5.74, 6) is 0. The molecule has 1 heterocycles. The summed E-state index contributed by atoms with van der Waals surface area (Å²) in [6.45, 7) is 8.43. The first-order valence-electron chi connectivity index (χ1n) is 5.29. The van der Waals surface area contributed by atoms with Crippen molar-refractivity contribution in [2.45, 2.75) is 40.2 Å². The Bertz CT molecular complexity index is 434. The molecule has 1 rings (SSSR count). The topological polar surface area (TPSA) is 84.6 Å². The zero-order valence-corrected chi connectivity index (χ0v) is 10.7. The molecule has 0 fully saturated rings. The van der Waals surface area contributed by atoms with Crippen LogP contribution >= 0.6 is 0 Å². The Labute approximate surface area is 100 Å². The number of aromatic nitrogens is 2. The van der Waals surface area contributed by atoms with Crippen molar-refractivity contribution in [1.29, 1.82) is 0 Å². The van der Waals surface area contributed by atoms with E-state index in [1.54, 1.807) is 34.6 Å². The minimum Gasteiger partial charge on any atom is -0.442 e. The number of hydrogen-bond donors (Lipinski definition) is 2. The SMILES string of the molecule is Cc1nn(C(=O)OC(C)(C)C)c(C)c1B(O)O. The first-order chi connectivity index (χ1) is 7.63. The fourth-order valence-electron chi connectivity index (χ4n) is 1.51. The molecule has 0 aromatic carbocycles. The van der Waals surface area contributed by atoms with Gasteiger partial charge in [-0.3, -0.25) is 0 Å². The van der Waals surface area contributed by atoms with E-state index in [-0.39, 0.29) is 5.46 Å². The maximum atomic E-state index is 11.8. The number of carbonyl (C=O) groups is 1. The van der Waals surface area contributed by atoms with E-state index in [4.69, 9.17) is 14.8 Å². The van der Waals surface area contributed by atoms with Gasteiger partial charge in [-0.15, -0.1) is 0 Å². The molecule has 94 valence electrons. The smallest absolute Gasteiger partial charge is 0.442 e. The van der Waals surface area contributed by atoms with Crippen molar-refractivity contribution in [2.24, 2.45) is 0 Å². The summed E-state index contributed by atoms with van der Waals surface area (Å²) >= 11 is 0. The molecule has 7 heteroatoms. The maximum absolute atomic E-state index is 11.8. The minimum absolute atomic E-state index is 0.232. The van der Waals surface area contributed by atoms with Crippen LogP contribution in [0, 0.1) is 13.8 Å². The van der Waals surface area contributed by atoms with Crippen LogP contribution in [0.15, 0.2) is 0 Å². The van der Waals surface area contributed by atoms with Gasteiger partial charge in [-0.05, 0) is 34.6 Å². The van der Waals surface area contributed by atoms with Crippen LogP contribution in [0.25, 0.3) is 0 Å². The number of ether oxygens (including phenoxy) is 1. The van der Waals surface area contributed by atoms with Gasteiger partial charge in [0.05, 0.1) is 5.69 Å². The predicted molar refractivity (Wildman–Crippen MR) is 63.2 cm³/mol. The molecule has 0 aliphatic rings. The van der Waals surface area contributed by atoms with Crippen molar-refractivity contribution in [3.05, 3.63) is 11.4 Å². The second kappa shape index (κ2) is 4.50. The highest BCUT2D eigenvalue weighted by Gasteiger charge is 2.27. The molecular weight excluding hydrogens is 223 g/mol. The molecule has 2 N–H and O–H groups in total. The van der Waals surface area contributed by atoms with Crippen molar-refractivity contribution < 1.29 is 19.6 Å². The summed E-state index contributed by atoms with van der Waals surface area (Å²) in [6, 6.07) is 0. The van der Waals surface area contributed by atoms with Crippen molar-refractivity contribution >= 4 is 18.7 Å². The molecule has 17 heavy (non-hydrogen) atoms. The molecule has 0 bridgehead atoms. The van der Waals surface area contributed by atoms with Gasteiger partial charge in [0.2, 0.25) is 0 Å². The molecule has 0 spiro atoms. The van der Waals surface area contributed by atoms with Crippen molar-refractivity contribution in [3.63, 3.8) is 0 Å². The largest absolute Gasteiger partial charge is 0.492 e. The highest BCUT2D eigenvalue weighted by molar-refractivity contribution is 6.59. The van der Waals surface area contributed by atoms with E-state index in [1.165, 1.54) is 0 Å². The van der Waals surface area contributed by atoms with Gasteiger partial charge in [-0.2, -0.15) is 9.78 Å². The zero-order chi connectivity index (χ0) is 13.4. The summed E-state index contributed by atoms with van der Waals surface area (Å²) in [5, 5.41) is 22.3. The van der Waals surface area contributed by atoms with Crippen molar-refractivity contribution in [3.8, 4) is 0 Å².